The molecule has 0 aliphatic carbocycles. The average molecular weight is 349 g/mol. The van der Waals surface area contributed by atoms with Crippen LogP contribution in [0.4, 0.5) is 0 Å². The van der Waals surface area contributed by atoms with Crippen LogP contribution in [-0.4, -0.2) is 22.3 Å². The minimum atomic E-state index is -0.720. The molecule has 0 spiro atoms. The summed E-state index contributed by atoms with van der Waals surface area (Å²) in [7, 11) is 0. The summed E-state index contributed by atoms with van der Waals surface area (Å²) in [4.78, 5) is 10.4. The monoisotopic (exact) mass is 348 g/mol. The standard InChI is InChI=1S/C22H36O3/c1-2-3-4-5-6-7-8-9-12-15-18-21(23)19-16-13-10-11-14-17-20-22(24)25/h6-7,9,12-13,15-16,18,21,23H,2-5,8,10-11,14,17,19-20H2,1H3,(H,24,25)/b7-6-,12-9-,16-13-,18-15-. The van der Waals surface area contributed by atoms with Crippen molar-refractivity contribution in [3.63, 3.8) is 0 Å². The van der Waals surface area contributed by atoms with Crippen LogP contribution in [0.15, 0.2) is 48.6 Å². The van der Waals surface area contributed by atoms with Gasteiger partial charge >= 0.3 is 5.97 Å². The van der Waals surface area contributed by atoms with Crippen molar-refractivity contribution in [2.75, 3.05) is 0 Å². The lowest BCUT2D eigenvalue weighted by Crippen LogP contribution is -1.98. The van der Waals surface area contributed by atoms with Gasteiger partial charge in [-0.15, -0.1) is 0 Å². The SMILES string of the molecule is CCCCC/C=C\C/C=C\C=C/C(O)C/C=C\CCCCCC(=O)O. The predicted molar refractivity (Wildman–Crippen MR) is 107 cm³/mol. The zero-order valence-corrected chi connectivity index (χ0v) is 15.8. The highest BCUT2D eigenvalue weighted by Crippen LogP contribution is 2.05. The third-order valence-corrected chi connectivity index (χ3v) is 3.80. The van der Waals surface area contributed by atoms with Crippen molar-refractivity contribution in [3.05, 3.63) is 48.6 Å². The van der Waals surface area contributed by atoms with Crippen molar-refractivity contribution in [3.8, 4) is 0 Å². The maximum absolute atomic E-state index is 10.4. The minimum absolute atomic E-state index is 0.259. The Morgan fingerprint density at radius 3 is 2.32 bits per heavy atom. The van der Waals surface area contributed by atoms with Crippen molar-refractivity contribution in [2.24, 2.45) is 0 Å². The highest BCUT2D eigenvalue weighted by Gasteiger charge is 1.96. The Hall–Kier alpha value is -1.61. The fourth-order valence-corrected chi connectivity index (χ4v) is 2.30. The van der Waals surface area contributed by atoms with Crippen molar-refractivity contribution in [1.29, 1.82) is 0 Å². The summed E-state index contributed by atoms with van der Waals surface area (Å²) in [5, 5.41) is 18.4. The smallest absolute Gasteiger partial charge is 0.303 e. The van der Waals surface area contributed by atoms with Gasteiger partial charge < -0.3 is 10.2 Å². The molecule has 0 aromatic carbocycles. The molecule has 0 rings (SSSR count). The van der Waals surface area contributed by atoms with Crippen LogP contribution in [0.3, 0.4) is 0 Å². The molecule has 0 saturated carbocycles. The van der Waals surface area contributed by atoms with Gasteiger partial charge in [0.1, 0.15) is 0 Å². The van der Waals surface area contributed by atoms with E-state index in [1.807, 2.05) is 18.2 Å². The van der Waals surface area contributed by atoms with E-state index in [0.29, 0.717) is 6.42 Å². The highest BCUT2D eigenvalue weighted by atomic mass is 16.4. The van der Waals surface area contributed by atoms with Gasteiger partial charge in [0, 0.05) is 6.42 Å². The van der Waals surface area contributed by atoms with Crippen molar-refractivity contribution in [1.82, 2.24) is 0 Å². The summed E-state index contributed by atoms with van der Waals surface area (Å²) in [5.74, 6) is -0.720. The van der Waals surface area contributed by atoms with E-state index >= 15 is 0 Å². The molecule has 2 N–H and O–H groups in total. The van der Waals surface area contributed by atoms with Crippen LogP contribution in [0.2, 0.25) is 0 Å². The van der Waals surface area contributed by atoms with E-state index in [-0.39, 0.29) is 6.42 Å². The van der Waals surface area contributed by atoms with E-state index in [0.717, 1.165) is 32.1 Å². The van der Waals surface area contributed by atoms with Crippen molar-refractivity contribution in [2.45, 2.75) is 83.7 Å². The van der Waals surface area contributed by atoms with Gasteiger partial charge in [-0.25, -0.2) is 0 Å². The summed E-state index contributed by atoms with van der Waals surface area (Å²) >= 11 is 0. The van der Waals surface area contributed by atoms with Crippen LogP contribution in [0.1, 0.15) is 77.6 Å². The molecule has 0 heterocycles. The Labute approximate surface area is 153 Å². The van der Waals surface area contributed by atoms with Crippen molar-refractivity contribution >= 4 is 5.97 Å². The summed E-state index contributed by atoms with van der Waals surface area (Å²) in [5.41, 5.74) is 0. The number of carboxylic acids is 1. The quantitative estimate of drug-likeness (QED) is 0.205. The lowest BCUT2D eigenvalue weighted by Gasteiger charge is -1.99. The van der Waals surface area contributed by atoms with E-state index in [1.165, 1.54) is 25.7 Å². The van der Waals surface area contributed by atoms with Crippen LogP contribution >= 0.6 is 0 Å². The van der Waals surface area contributed by atoms with Gasteiger partial charge in [0.25, 0.3) is 0 Å². The van der Waals surface area contributed by atoms with E-state index in [1.54, 1.807) is 6.08 Å². The van der Waals surface area contributed by atoms with Gasteiger partial charge in [-0.05, 0) is 44.9 Å². The maximum Gasteiger partial charge on any atom is 0.303 e. The number of carbonyl (C=O) groups is 1. The second-order valence-electron chi connectivity index (χ2n) is 6.28. The Morgan fingerprint density at radius 2 is 1.60 bits per heavy atom. The van der Waals surface area contributed by atoms with Crippen LogP contribution in [0.25, 0.3) is 0 Å². The first-order valence-electron chi connectivity index (χ1n) is 9.70. The number of aliphatic hydroxyl groups is 1. The first-order valence-corrected chi connectivity index (χ1v) is 9.70. The van der Waals surface area contributed by atoms with Crippen molar-refractivity contribution < 1.29 is 15.0 Å². The molecule has 0 fully saturated rings. The number of aliphatic carboxylic acids is 1. The average Bonchev–Trinajstić information content (AvgIpc) is 2.58. The van der Waals surface area contributed by atoms with Crippen LogP contribution in [-0.2, 0) is 4.79 Å². The molecule has 3 heteroatoms. The first-order chi connectivity index (χ1) is 12.2. The van der Waals surface area contributed by atoms with E-state index in [2.05, 4.69) is 31.2 Å². The number of rotatable bonds is 16. The number of aliphatic hydroxyl groups excluding tert-OH is 1. The fourth-order valence-electron chi connectivity index (χ4n) is 2.30. The molecule has 0 amide bonds. The highest BCUT2D eigenvalue weighted by molar-refractivity contribution is 5.66. The Kier molecular flexibility index (Phi) is 17.5. The molecule has 0 saturated heterocycles. The predicted octanol–water partition coefficient (Wildman–Crippen LogP) is 5.97. The molecule has 0 bridgehead atoms. The van der Waals surface area contributed by atoms with Gasteiger partial charge in [-0.1, -0.05) is 74.8 Å². The molecule has 0 aromatic heterocycles. The van der Waals surface area contributed by atoms with Crippen LogP contribution in [0.5, 0.6) is 0 Å². The van der Waals surface area contributed by atoms with Gasteiger partial charge in [0.05, 0.1) is 6.10 Å². The lowest BCUT2D eigenvalue weighted by molar-refractivity contribution is -0.137. The second-order valence-corrected chi connectivity index (χ2v) is 6.28. The molecular formula is C22H36O3. The lowest BCUT2D eigenvalue weighted by atomic mass is 10.1. The second kappa shape index (κ2) is 18.7. The minimum Gasteiger partial charge on any atom is -0.481 e. The Morgan fingerprint density at radius 1 is 0.880 bits per heavy atom. The molecule has 1 atom stereocenters. The fraction of sp³-hybridized carbons (Fsp3) is 0.591. The summed E-state index contributed by atoms with van der Waals surface area (Å²) in [6, 6.07) is 0. The number of allylic oxidation sites excluding steroid dienone is 6. The first kappa shape index (κ1) is 23.4. The number of carboxylic acid groups (broad SMARTS) is 1. The molecule has 0 aliphatic rings. The van der Waals surface area contributed by atoms with E-state index in [9.17, 15) is 9.90 Å². The maximum atomic E-state index is 10.4. The molecule has 0 radical (unpaired) electrons. The van der Waals surface area contributed by atoms with Gasteiger partial charge in [0.15, 0.2) is 0 Å². The zero-order valence-electron chi connectivity index (χ0n) is 15.8. The van der Waals surface area contributed by atoms with Gasteiger partial charge in [-0.3, -0.25) is 4.79 Å². The Bertz CT molecular complexity index is 419. The molecular weight excluding hydrogens is 312 g/mol. The van der Waals surface area contributed by atoms with Crippen LogP contribution in [0, 0.1) is 0 Å². The summed E-state index contributed by atoms with van der Waals surface area (Å²) in [6.45, 7) is 2.22. The topological polar surface area (TPSA) is 57.5 Å². The summed E-state index contributed by atoms with van der Waals surface area (Å²) < 4.78 is 0. The normalized spacial score (nSPS) is 13.7. The number of unbranched alkanes of at least 4 members (excludes halogenated alkanes) is 6. The van der Waals surface area contributed by atoms with E-state index < -0.39 is 12.1 Å². The van der Waals surface area contributed by atoms with E-state index in [4.69, 9.17) is 5.11 Å². The number of hydrogen-bond donors (Lipinski definition) is 2. The Balaban J connectivity index is 3.58. The zero-order chi connectivity index (χ0) is 18.6. The third kappa shape index (κ3) is 20.3. The van der Waals surface area contributed by atoms with Gasteiger partial charge in [-0.2, -0.15) is 0 Å². The summed E-state index contributed by atoms with van der Waals surface area (Å²) in [6.07, 6.45) is 26.3. The molecule has 25 heavy (non-hydrogen) atoms. The molecule has 1 unspecified atom stereocenters. The van der Waals surface area contributed by atoms with Gasteiger partial charge in [0.2, 0.25) is 0 Å². The molecule has 142 valence electrons. The molecule has 3 nitrogen and oxygen atoms in total. The van der Waals surface area contributed by atoms with Crippen LogP contribution < -0.4 is 0 Å². The molecule has 0 aromatic rings. The third-order valence-electron chi connectivity index (χ3n) is 3.80. The molecule has 0 aliphatic heterocycles. The number of hydrogen-bond acceptors (Lipinski definition) is 2. The largest absolute Gasteiger partial charge is 0.481 e.